The number of nitrogens with zero attached hydrogens (tertiary/aromatic N) is 1. The van der Waals surface area contributed by atoms with Gasteiger partial charge in [0.05, 0.1) is 5.69 Å². The van der Waals surface area contributed by atoms with Crippen molar-refractivity contribution in [2.24, 2.45) is 4.99 Å². The second-order valence-corrected chi connectivity index (χ2v) is 2.51. The van der Waals surface area contributed by atoms with Crippen molar-refractivity contribution < 1.29 is 0 Å². The van der Waals surface area contributed by atoms with Gasteiger partial charge in [-0.2, -0.15) is 0 Å². The molecular weight excluding hydrogens is 182 g/mol. The van der Waals surface area contributed by atoms with E-state index in [0.29, 0.717) is 0 Å². The van der Waals surface area contributed by atoms with Crippen molar-refractivity contribution in [3.05, 3.63) is 49.1 Å². The van der Waals surface area contributed by atoms with Gasteiger partial charge in [-0.15, -0.1) is 13.2 Å². The first-order valence-electron chi connectivity index (χ1n) is 5.25. The molecule has 0 unspecified atom stereocenters. The van der Waals surface area contributed by atoms with E-state index in [1.807, 2.05) is 38.3 Å². The molecule has 0 radical (unpaired) electrons. The Morgan fingerprint density at radius 1 is 1.13 bits per heavy atom. The lowest BCUT2D eigenvalue weighted by molar-refractivity contribution is 1.49. The minimum Gasteiger partial charge on any atom is -0.260 e. The maximum absolute atomic E-state index is 4.30. The number of para-hydroxylation sites is 1. The number of hydrogen-bond donors (Lipinski definition) is 0. The number of allylic oxidation sites excluding steroid dienone is 1. The van der Waals surface area contributed by atoms with E-state index < -0.39 is 0 Å². The highest BCUT2D eigenvalue weighted by Crippen LogP contribution is 2.21. The summed E-state index contributed by atoms with van der Waals surface area (Å²) in [6, 6.07) is 8.15. The molecule has 1 aromatic carbocycles. The lowest BCUT2D eigenvalue weighted by Crippen LogP contribution is -1.70. The predicted molar refractivity (Wildman–Crippen MR) is 70.8 cm³/mol. The van der Waals surface area contributed by atoms with Gasteiger partial charge in [-0.25, -0.2) is 0 Å². The molecule has 0 amide bonds. The molecule has 0 aromatic heterocycles. The summed E-state index contributed by atoms with van der Waals surface area (Å²) in [6.07, 6.45) is 7.11. The summed E-state index contributed by atoms with van der Waals surface area (Å²) in [5.74, 6) is 0. The van der Waals surface area contributed by atoms with Gasteiger partial charge in [0.15, 0.2) is 0 Å². The highest BCUT2D eigenvalue weighted by Gasteiger charge is 1.96. The van der Waals surface area contributed by atoms with E-state index in [1.165, 1.54) is 5.56 Å². The van der Waals surface area contributed by atoms with E-state index >= 15 is 0 Å². The molecule has 0 saturated carbocycles. The molecule has 0 spiro atoms. The SMILES string of the molecule is C1=Cc2ccccc2N=CC1.C=C.CC. The van der Waals surface area contributed by atoms with Crippen LogP contribution in [0.25, 0.3) is 6.08 Å². The molecule has 0 fully saturated rings. The highest BCUT2D eigenvalue weighted by atomic mass is 14.7. The number of aliphatic imine (C=N–C) groups is 1. The van der Waals surface area contributed by atoms with E-state index in [9.17, 15) is 0 Å². The van der Waals surface area contributed by atoms with Crippen LogP contribution in [0, 0.1) is 0 Å². The number of benzene rings is 1. The molecule has 0 atom stereocenters. The third-order valence-corrected chi connectivity index (χ3v) is 1.71. The van der Waals surface area contributed by atoms with Gasteiger partial charge in [0.1, 0.15) is 0 Å². The summed E-state index contributed by atoms with van der Waals surface area (Å²) >= 11 is 0. The molecule has 0 N–H and O–H groups in total. The average Bonchev–Trinajstić information content (AvgIpc) is 2.59. The van der Waals surface area contributed by atoms with Crippen LogP contribution >= 0.6 is 0 Å². The van der Waals surface area contributed by atoms with E-state index in [0.717, 1.165) is 12.1 Å². The van der Waals surface area contributed by atoms with Crippen molar-refractivity contribution in [1.82, 2.24) is 0 Å². The van der Waals surface area contributed by atoms with Crippen LogP contribution < -0.4 is 0 Å². The monoisotopic (exact) mass is 201 g/mol. The van der Waals surface area contributed by atoms with Gasteiger partial charge in [-0.05, 0) is 11.6 Å². The summed E-state index contributed by atoms with van der Waals surface area (Å²) in [5, 5.41) is 0. The highest BCUT2D eigenvalue weighted by molar-refractivity contribution is 5.75. The van der Waals surface area contributed by atoms with Crippen LogP contribution in [0.5, 0.6) is 0 Å². The molecule has 15 heavy (non-hydrogen) atoms. The molecule has 1 aliphatic heterocycles. The van der Waals surface area contributed by atoms with Crippen molar-refractivity contribution in [2.45, 2.75) is 20.3 Å². The standard InChI is InChI=1S/C10H9N.C2H6.C2H4/c1-2-7-10-9(5-1)6-3-4-8-11-10;2*1-2/h1-3,5-8H,4H2;1-2H3;1-2H2. The Morgan fingerprint density at radius 2 is 1.80 bits per heavy atom. The van der Waals surface area contributed by atoms with E-state index in [4.69, 9.17) is 0 Å². The zero-order valence-electron chi connectivity index (χ0n) is 9.61. The molecule has 80 valence electrons. The molecule has 1 aliphatic rings. The van der Waals surface area contributed by atoms with Gasteiger partial charge < -0.3 is 0 Å². The van der Waals surface area contributed by atoms with Crippen molar-refractivity contribution in [3.8, 4) is 0 Å². The van der Waals surface area contributed by atoms with Gasteiger partial charge in [0.25, 0.3) is 0 Å². The molecular formula is C14H19N. The number of hydrogen-bond acceptors (Lipinski definition) is 1. The summed E-state index contributed by atoms with van der Waals surface area (Å²) in [4.78, 5) is 4.30. The fourth-order valence-electron chi connectivity index (χ4n) is 1.15. The quantitative estimate of drug-likeness (QED) is 0.542. The zero-order valence-corrected chi connectivity index (χ0v) is 9.61. The van der Waals surface area contributed by atoms with Crippen LogP contribution in [0.2, 0.25) is 0 Å². The van der Waals surface area contributed by atoms with Crippen LogP contribution in [0.1, 0.15) is 25.8 Å². The number of fused-ring (bicyclic) bond motifs is 1. The van der Waals surface area contributed by atoms with E-state index in [2.05, 4.69) is 36.4 Å². The van der Waals surface area contributed by atoms with Crippen molar-refractivity contribution >= 4 is 18.0 Å². The minimum absolute atomic E-state index is 0.939. The lowest BCUT2D eigenvalue weighted by atomic mass is 10.2. The smallest absolute Gasteiger partial charge is 0.0698 e. The first-order chi connectivity index (χ1) is 7.47. The molecule has 1 heteroatoms. The third kappa shape index (κ3) is 4.41. The second-order valence-electron chi connectivity index (χ2n) is 2.51. The summed E-state index contributed by atoms with van der Waals surface area (Å²) < 4.78 is 0. The fourth-order valence-corrected chi connectivity index (χ4v) is 1.15. The maximum Gasteiger partial charge on any atom is 0.0698 e. The second kappa shape index (κ2) is 8.95. The Labute approximate surface area is 92.9 Å². The summed E-state index contributed by atoms with van der Waals surface area (Å²) in [6.45, 7) is 10.0. The van der Waals surface area contributed by atoms with Gasteiger partial charge in [-0.3, -0.25) is 4.99 Å². The van der Waals surface area contributed by atoms with Gasteiger partial charge in [0.2, 0.25) is 0 Å². The summed E-state index contributed by atoms with van der Waals surface area (Å²) in [5.41, 5.74) is 2.28. The largest absolute Gasteiger partial charge is 0.260 e. The summed E-state index contributed by atoms with van der Waals surface area (Å²) in [7, 11) is 0. The molecule has 0 aliphatic carbocycles. The molecule has 1 nitrogen and oxygen atoms in total. The van der Waals surface area contributed by atoms with Crippen LogP contribution in [0.4, 0.5) is 5.69 Å². The Balaban J connectivity index is 0.000000442. The van der Waals surface area contributed by atoms with E-state index in [-0.39, 0.29) is 0 Å². The first-order valence-corrected chi connectivity index (χ1v) is 5.25. The topological polar surface area (TPSA) is 12.4 Å². The Bertz CT molecular complexity index is 293. The van der Waals surface area contributed by atoms with Crippen LogP contribution in [0.15, 0.2) is 48.5 Å². The Kier molecular flexibility index (Phi) is 7.97. The van der Waals surface area contributed by atoms with Gasteiger partial charge in [0, 0.05) is 12.6 Å². The van der Waals surface area contributed by atoms with Gasteiger partial charge in [-0.1, -0.05) is 44.2 Å². The molecule has 1 heterocycles. The molecule has 2 rings (SSSR count). The first kappa shape index (κ1) is 13.4. The van der Waals surface area contributed by atoms with Gasteiger partial charge >= 0.3 is 0 Å². The van der Waals surface area contributed by atoms with Crippen molar-refractivity contribution in [2.75, 3.05) is 0 Å². The minimum atomic E-state index is 0.939. The molecule has 0 bridgehead atoms. The number of rotatable bonds is 0. The van der Waals surface area contributed by atoms with E-state index in [1.54, 1.807) is 0 Å². The van der Waals surface area contributed by atoms with Crippen LogP contribution in [-0.4, -0.2) is 6.21 Å². The van der Waals surface area contributed by atoms with Crippen molar-refractivity contribution in [1.29, 1.82) is 0 Å². The Morgan fingerprint density at radius 3 is 2.53 bits per heavy atom. The average molecular weight is 201 g/mol. The Hall–Kier alpha value is -1.63. The van der Waals surface area contributed by atoms with Crippen LogP contribution in [0.3, 0.4) is 0 Å². The normalized spacial score (nSPS) is 11.1. The molecule has 1 aromatic rings. The zero-order chi connectivity index (χ0) is 11.5. The predicted octanol–water partition coefficient (Wildman–Crippen LogP) is 4.63. The third-order valence-electron chi connectivity index (χ3n) is 1.71. The fraction of sp³-hybridized carbons (Fsp3) is 0.214. The molecule has 0 saturated heterocycles. The lowest BCUT2D eigenvalue weighted by Gasteiger charge is -1.95. The van der Waals surface area contributed by atoms with Crippen molar-refractivity contribution in [3.63, 3.8) is 0 Å². The van der Waals surface area contributed by atoms with Crippen LogP contribution in [-0.2, 0) is 0 Å². The maximum atomic E-state index is 4.30.